The molecule has 0 radical (unpaired) electrons. The van der Waals surface area contributed by atoms with Crippen LogP contribution >= 0.6 is 0 Å². The first-order valence-corrected chi connectivity index (χ1v) is 6.32. The lowest BCUT2D eigenvalue weighted by atomic mass is 9.49. The third kappa shape index (κ3) is 1.57. The van der Waals surface area contributed by atoms with Gasteiger partial charge < -0.3 is 9.47 Å². The average Bonchev–Trinajstić information content (AvgIpc) is 2.09. The molecule has 4 aliphatic carbocycles. The maximum absolute atomic E-state index is 14.8. The van der Waals surface area contributed by atoms with Crippen LogP contribution in [0.25, 0.3) is 0 Å². The highest BCUT2D eigenvalue weighted by Crippen LogP contribution is 2.65. The van der Waals surface area contributed by atoms with Gasteiger partial charge in [-0.05, 0) is 0 Å². The molecule has 0 unspecified atom stereocenters. The molecule has 0 aromatic heterocycles. The standard InChI is InChI=1S/C14H18F2O2/c1-3-17-13-6-11(15)5-12(16,7-13)9-14(8-11,10-13)18-4-2/h3-4H,1-2,5-10H2. The summed E-state index contributed by atoms with van der Waals surface area (Å²) >= 11 is 0. The Kier molecular flexibility index (Phi) is 2.19. The molecule has 0 N–H and O–H groups in total. The van der Waals surface area contributed by atoms with E-state index in [0.717, 1.165) is 0 Å². The Morgan fingerprint density at radius 2 is 1.11 bits per heavy atom. The fourth-order valence-electron chi connectivity index (χ4n) is 4.82. The predicted octanol–water partition coefficient (Wildman–Crippen LogP) is 3.58. The van der Waals surface area contributed by atoms with Crippen LogP contribution in [0.5, 0.6) is 0 Å². The minimum absolute atomic E-state index is 0.0372. The van der Waals surface area contributed by atoms with Crippen molar-refractivity contribution in [2.24, 2.45) is 0 Å². The van der Waals surface area contributed by atoms with Crippen LogP contribution < -0.4 is 0 Å². The normalized spacial score (nSPS) is 53.0. The summed E-state index contributed by atoms with van der Waals surface area (Å²) in [5.41, 5.74) is -4.67. The SMILES string of the molecule is C=COC12CC3(F)CC(F)(C1)CC(OC=C)(C3)C2. The van der Waals surface area contributed by atoms with Crippen LogP contribution in [-0.2, 0) is 9.47 Å². The lowest BCUT2D eigenvalue weighted by molar-refractivity contribution is -0.265. The number of hydrogen-bond acceptors (Lipinski definition) is 2. The van der Waals surface area contributed by atoms with E-state index in [4.69, 9.17) is 9.47 Å². The molecule has 0 aliphatic heterocycles. The molecular formula is C14H18F2O2. The first kappa shape index (κ1) is 12.0. The molecule has 4 rings (SSSR count). The zero-order valence-electron chi connectivity index (χ0n) is 10.4. The van der Waals surface area contributed by atoms with Crippen molar-refractivity contribution in [2.75, 3.05) is 0 Å². The molecule has 2 nitrogen and oxygen atoms in total. The van der Waals surface area contributed by atoms with Crippen molar-refractivity contribution >= 4 is 0 Å². The summed E-state index contributed by atoms with van der Waals surface area (Å²) in [5, 5.41) is 0. The Labute approximate surface area is 106 Å². The summed E-state index contributed by atoms with van der Waals surface area (Å²) in [4.78, 5) is 0. The van der Waals surface area contributed by atoms with Gasteiger partial charge in [-0.25, -0.2) is 8.78 Å². The first-order chi connectivity index (χ1) is 8.36. The number of hydrogen-bond donors (Lipinski definition) is 0. The Morgan fingerprint density at radius 3 is 1.44 bits per heavy atom. The quantitative estimate of drug-likeness (QED) is 0.716. The molecule has 0 amide bonds. The highest BCUT2D eigenvalue weighted by molar-refractivity contribution is 5.22. The molecule has 4 aliphatic rings. The van der Waals surface area contributed by atoms with Crippen LogP contribution in [0.15, 0.2) is 25.7 Å². The Morgan fingerprint density at radius 1 is 0.722 bits per heavy atom. The van der Waals surface area contributed by atoms with Crippen molar-refractivity contribution in [3.63, 3.8) is 0 Å². The molecule has 4 heteroatoms. The monoisotopic (exact) mass is 256 g/mol. The second-order valence-electron chi connectivity index (χ2n) is 6.30. The van der Waals surface area contributed by atoms with Crippen LogP contribution in [0.2, 0.25) is 0 Å². The minimum Gasteiger partial charge on any atom is -0.495 e. The third-order valence-electron chi connectivity index (χ3n) is 4.50. The van der Waals surface area contributed by atoms with E-state index >= 15 is 0 Å². The van der Waals surface area contributed by atoms with Gasteiger partial charge in [0.15, 0.2) is 0 Å². The molecule has 0 saturated heterocycles. The Hall–Kier alpha value is -1.06. The molecule has 0 aromatic carbocycles. The van der Waals surface area contributed by atoms with E-state index in [0.29, 0.717) is 6.42 Å². The second-order valence-corrected chi connectivity index (χ2v) is 6.30. The zero-order chi connectivity index (χ0) is 13.1. The maximum Gasteiger partial charge on any atom is 0.121 e. The summed E-state index contributed by atoms with van der Waals surface area (Å²) in [6.07, 6.45) is 4.00. The van der Waals surface area contributed by atoms with Crippen LogP contribution in [0.3, 0.4) is 0 Å². The van der Waals surface area contributed by atoms with Gasteiger partial charge in [0.2, 0.25) is 0 Å². The largest absolute Gasteiger partial charge is 0.495 e. The molecule has 4 bridgehead atoms. The molecule has 100 valence electrons. The lowest BCUT2D eigenvalue weighted by Gasteiger charge is -2.63. The third-order valence-corrected chi connectivity index (χ3v) is 4.50. The summed E-state index contributed by atoms with van der Waals surface area (Å²) < 4.78 is 40.6. The number of ether oxygens (including phenoxy) is 2. The van der Waals surface area contributed by atoms with Crippen LogP contribution in [-0.4, -0.2) is 22.5 Å². The fourth-order valence-corrected chi connectivity index (χ4v) is 4.82. The number of alkyl halides is 2. The second kappa shape index (κ2) is 3.28. The molecule has 0 aromatic rings. The van der Waals surface area contributed by atoms with Gasteiger partial charge in [0, 0.05) is 38.5 Å². The van der Waals surface area contributed by atoms with E-state index in [2.05, 4.69) is 13.2 Å². The molecule has 4 fully saturated rings. The number of rotatable bonds is 4. The van der Waals surface area contributed by atoms with Gasteiger partial charge in [-0.1, -0.05) is 13.2 Å². The molecule has 0 spiro atoms. The van der Waals surface area contributed by atoms with Crippen molar-refractivity contribution in [1.29, 1.82) is 0 Å². The van der Waals surface area contributed by atoms with E-state index in [9.17, 15) is 8.78 Å². The van der Waals surface area contributed by atoms with Gasteiger partial charge in [0.05, 0.1) is 12.5 Å². The van der Waals surface area contributed by atoms with E-state index in [1.54, 1.807) is 0 Å². The van der Waals surface area contributed by atoms with E-state index in [1.165, 1.54) is 12.5 Å². The minimum atomic E-state index is -1.53. The van der Waals surface area contributed by atoms with Gasteiger partial charge in [0.1, 0.15) is 22.5 Å². The predicted molar refractivity (Wildman–Crippen MR) is 63.4 cm³/mol. The maximum atomic E-state index is 14.8. The Balaban J connectivity index is 2.02. The topological polar surface area (TPSA) is 18.5 Å². The van der Waals surface area contributed by atoms with Gasteiger partial charge in [-0.3, -0.25) is 0 Å². The van der Waals surface area contributed by atoms with Crippen molar-refractivity contribution in [3.8, 4) is 0 Å². The van der Waals surface area contributed by atoms with Crippen molar-refractivity contribution in [1.82, 2.24) is 0 Å². The summed E-state index contributed by atoms with van der Waals surface area (Å²) in [6.45, 7) is 7.05. The Bertz CT molecular complexity index is 357. The fraction of sp³-hybridized carbons (Fsp3) is 0.714. The van der Waals surface area contributed by atoms with Gasteiger partial charge in [-0.2, -0.15) is 0 Å². The van der Waals surface area contributed by atoms with E-state index in [1.807, 2.05) is 0 Å². The number of halogens is 2. The van der Waals surface area contributed by atoms with E-state index < -0.39 is 22.5 Å². The lowest BCUT2D eigenvalue weighted by Crippen LogP contribution is -2.70. The molecule has 0 atom stereocenters. The van der Waals surface area contributed by atoms with Gasteiger partial charge in [-0.15, -0.1) is 0 Å². The first-order valence-electron chi connectivity index (χ1n) is 6.32. The van der Waals surface area contributed by atoms with Crippen molar-refractivity contribution < 1.29 is 18.3 Å². The highest BCUT2D eigenvalue weighted by atomic mass is 19.2. The molecule has 18 heavy (non-hydrogen) atoms. The smallest absolute Gasteiger partial charge is 0.121 e. The van der Waals surface area contributed by atoms with Gasteiger partial charge >= 0.3 is 0 Å². The van der Waals surface area contributed by atoms with E-state index in [-0.39, 0.29) is 32.1 Å². The van der Waals surface area contributed by atoms with Crippen molar-refractivity contribution in [3.05, 3.63) is 25.7 Å². The van der Waals surface area contributed by atoms with Crippen LogP contribution in [0.4, 0.5) is 8.78 Å². The van der Waals surface area contributed by atoms with Gasteiger partial charge in [0.25, 0.3) is 0 Å². The summed E-state index contributed by atoms with van der Waals surface area (Å²) in [6, 6.07) is 0. The molecular weight excluding hydrogens is 238 g/mol. The summed E-state index contributed by atoms with van der Waals surface area (Å²) in [5.74, 6) is 0. The van der Waals surface area contributed by atoms with Crippen LogP contribution in [0, 0.1) is 0 Å². The summed E-state index contributed by atoms with van der Waals surface area (Å²) in [7, 11) is 0. The van der Waals surface area contributed by atoms with Crippen LogP contribution in [0.1, 0.15) is 38.5 Å². The molecule has 4 saturated carbocycles. The highest BCUT2D eigenvalue weighted by Gasteiger charge is 2.71. The molecule has 0 heterocycles. The zero-order valence-corrected chi connectivity index (χ0v) is 10.4. The van der Waals surface area contributed by atoms with Crippen molar-refractivity contribution in [2.45, 2.75) is 61.1 Å². The average molecular weight is 256 g/mol.